The number of aromatic nitrogens is 2. The number of nitrogens with zero attached hydrogens (tertiary/aromatic N) is 1. The van der Waals surface area contributed by atoms with Crippen LogP contribution in [0.4, 0.5) is 5.13 Å². The van der Waals surface area contributed by atoms with E-state index in [4.69, 9.17) is 32.7 Å². The van der Waals surface area contributed by atoms with Crippen LogP contribution in [-0.2, 0) is 11.3 Å². The first-order chi connectivity index (χ1) is 14.9. The molecule has 4 rings (SSSR count). The molecule has 2 N–H and O–H groups in total. The zero-order chi connectivity index (χ0) is 22.1. The number of fused-ring (bicyclic) bond motifs is 1. The predicted molar refractivity (Wildman–Crippen MR) is 123 cm³/mol. The number of hydrogen-bond donors (Lipinski definition) is 2. The van der Waals surface area contributed by atoms with Crippen molar-refractivity contribution >= 4 is 73.1 Å². The minimum atomic E-state index is -0.496. The smallest absolute Gasteiger partial charge is 0.338 e. The number of esters is 1. The highest BCUT2D eigenvalue weighted by Crippen LogP contribution is 2.35. The van der Waals surface area contributed by atoms with Gasteiger partial charge in [0.1, 0.15) is 23.6 Å². The summed E-state index contributed by atoms with van der Waals surface area (Å²) >= 11 is 14.9. The molecule has 0 saturated carbocycles. The highest BCUT2D eigenvalue weighted by Gasteiger charge is 2.21. The fourth-order valence-corrected chi connectivity index (χ4v) is 4.81. The second kappa shape index (κ2) is 8.88. The van der Waals surface area contributed by atoms with Crippen LogP contribution in [0, 0.1) is 6.92 Å². The number of methoxy groups -OCH3 is 1. The maximum Gasteiger partial charge on any atom is 0.338 e. The molecule has 160 valence electrons. The third-order valence-corrected chi connectivity index (χ3v) is 6.95. The van der Waals surface area contributed by atoms with E-state index in [0.717, 1.165) is 5.56 Å². The van der Waals surface area contributed by atoms with E-state index in [1.165, 1.54) is 18.4 Å². The van der Waals surface area contributed by atoms with Crippen molar-refractivity contribution in [2.24, 2.45) is 0 Å². The summed E-state index contributed by atoms with van der Waals surface area (Å²) in [5.41, 5.74) is 2.58. The van der Waals surface area contributed by atoms with Crippen LogP contribution in [0.5, 0.6) is 5.75 Å². The molecular weight excluding hydrogens is 481 g/mol. The molecule has 0 bridgehead atoms. The molecule has 4 aromatic rings. The van der Waals surface area contributed by atoms with Gasteiger partial charge in [-0.15, -0.1) is 0 Å². The summed E-state index contributed by atoms with van der Waals surface area (Å²) in [6, 6.07) is 5.18. The van der Waals surface area contributed by atoms with Gasteiger partial charge >= 0.3 is 5.97 Å². The summed E-state index contributed by atoms with van der Waals surface area (Å²) in [6.45, 7) is 2.03. The van der Waals surface area contributed by atoms with E-state index < -0.39 is 11.9 Å². The fourth-order valence-electron chi connectivity index (χ4n) is 2.82. The third kappa shape index (κ3) is 4.40. The van der Waals surface area contributed by atoms with E-state index in [1.807, 2.05) is 16.8 Å². The third-order valence-electron chi connectivity index (χ3n) is 4.36. The van der Waals surface area contributed by atoms with Crippen LogP contribution in [0.15, 0.2) is 29.0 Å². The summed E-state index contributed by atoms with van der Waals surface area (Å²) < 4.78 is 11.4. The predicted octanol–water partition coefficient (Wildman–Crippen LogP) is 5.92. The molecule has 0 aliphatic carbocycles. The van der Waals surface area contributed by atoms with E-state index in [2.05, 4.69) is 15.3 Å². The molecule has 0 radical (unpaired) electrons. The number of anilines is 1. The maximum atomic E-state index is 12.6. The molecule has 0 aliphatic rings. The molecule has 11 heteroatoms. The number of rotatable bonds is 6. The van der Waals surface area contributed by atoms with Crippen LogP contribution < -0.4 is 10.1 Å². The number of thiophene rings is 1. The first kappa shape index (κ1) is 21.6. The van der Waals surface area contributed by atoms with Crippen molar-refractivity contribution in [3.05, 3.63) is 61.5 Å². The molecule has 3 aromatic heterocycles. The number of H-pyrrole nitrogens is 1. The number of aromatic amines is 1. The van der Waals surface area contributed by atoms with E-state index in [9.17, 15) is 9.59 Å². The zero-order valence-corrected chi connectivity index (χ0v) is 19.4. The van der Waals surface area contributed by atoms with Gasteiger partial charge in [0.25, 0.3) is 5.91 Å². The summed E-state index contributed by atoms with van der Waals surface area (Å²) in [5.74, 6) is -0.560. The molecule has 7 nitrogen and oxygen atoms in total. The van der Waals surface area contributed by atoms with Crippen molar-refractivity contribution in [2.45, 2.75) is 13.5 Å². The number of halogens is 2. The summed E-state index contributed by atoms with van der Waals surface area (Å²) in [6.07, 6.45) is 0. The Morgan fingerprint density at radius 2 is 2.06 bits per heavy atom. The molecule has 0 saturated heterocycles. The second-order valence-corrected chi connectivity index (χ2v) is 9.03. The number of aryl methyl sites for hydroxylation is 1. The molecule has 0 unspecified atom stereocenters. The van der Waals surface area contributed by atoms with Gasteiger partial charge in [0.15, 0.2) is 5.13 Å². The SMILES string of the molecule is COC(=O)c1cc(OCc2ccsc2)c2nc(NC(=O)c3[nH]c(C)c(Cl)c3Cl)sc2c1. The van der Waals surface area contributed by atoms with Gasteiger partial charge in [-0.2, -0.15) is 11.3 Å². The Morgan fingerprint density at radius 3 is 2.71 bits per heavy atom. The van der Waals surface area contributed by atoms with Gasteiger partial charge in [0.2, 0.25) is 0 Å². The van der Waals surface area contributed by atoms with Gasteiger partial charge in [0.05, 0.1) is 27.4 Å². The van der Waals surface area contributed by atoms with Gasteiger partial charge < -0.3 is 14.5 Å². The molecule has 1 amide bonds. The van der Waals surface area contributed by atoms with Crippen molar-refractivity contribution in [1.82, 2.24) is 9.97 Å². The van der Waals surface area contributed by atoms with Crippen molar-refractivity contribution in [1.29, 1.82) is 0 Å². The minimum absolute atomic E-state index is 0.144. The summed E-state index contributed by atoms with van der Waals surface area (Å²) in [7, 11) is 1.31. The molecule has 0 spiro atoms. The zero-order valence-electron chi connectivity index (χ0n) is 16.2. The van der Waals surface area contributed by atoms with Crippen LogP contribution in [-0.4, -0.2) is 29.0 Å². The van der Waals surface area contributed by atoms with Crippen molar-refractivity contribution in [3.63, 3.8) is 0 Å². The minimum Gasteiger partial charge on any atom is -0.487 e. The Hall–Kier alpha value is -2.59. The fraction of sp³-hybridized carbons (Fsp3) is 0.150. The van der Waals surface area contributed by atoms with Crippen molar-refractivity contribution in [2.75, 3.05) is 12.4 Å². The quantitative estimate of drug-likeness (QED) is 0.323. The number of thiazole rings is 1. The Balaban J connectivity index is 1.67. The lowest BCUT2D eigenvalue weighted by atomic mass is 10.2. The Morgan fingerprint density at radius 1 is 1.26 bits per heavy atom. The number of carbonyl (C=O) groups is 2. The Labute approximate surface area is 194 Å². The second-order valence-electron chi connectivity index (χ2n) is 6.46. The maximum absolute atomic E-state index is 12.6. The number of benzene rings is 1. The molecule has 0 aliphatic heterocycles. The normalized spacial score (nSPS) is 11.0. The van der Waals surface area contributed by atoms with Crippen LogP contribution >= 0.6 is 45.9 Å². The van der Waals surface area contributed by atoms with E-state index in [1.54, 1.807) is 30.4 Å². The molecule has 1 aromatic carbocycles. The molecule has 3 heterocycles. The number of hydrogen-bond acceptors (Lipinski definition) is 7. The van der Waals surface area contributed by atoms with Gasteiger partial charge in [-0.25, -0.2) is 9.78 Å². The average Bonchev–Trinajstić information content (AvgIpc) is 3.47. The van der Waals surface area contributed by atoms with Crippen molar-refractivity contribution < 1.29 is 19.1 Å². The van der Waals surface area contributed by atoms with E-state index >= 15 is 0 Å². The lowest BCUT2D eigenvalue weighted by Crippen LogP contribution is -2.12. The molecule has 0 fully saturated rings. The van der Waals surface area contributed by atoms with Gasteiger partial charge in [-0.05, 0) is 41.4 Å². The highest BCUT2D eigenvalue weighted by atomic mass is 35.5. The van der Waals surface area contributed by atoms with Crippen LogP contribution in [0.2, 0.25) is 10.0 Å². The number of amides is 1. The molecule has 0 atom stereocenters. The highest BCUT2D eigenvalue weighted by molar-refractivity contribution is 7.22. The number of ether oxygens (including phenoxy) is 2. The Bertz CT molecular complexity index is 1280. The van der Waals surface area contributed by atoms with Crippen molar-refractivity contribution in [3.8, 4) is 5.75 Å². The number of carbonyl (C=O) groups excluding carboxylic acids is 2. The van der Waals surface area contributed by atoms with Gasteiger partial charge in [-0.1, -0.05) is 34.5 Å². The largest absolute Gasteiger partial charge is 0.487 e. The molecular formula is C20H15Cl2N3O4S2. The van der Waals surface area contributed by atoms with E-state index in [0.29, 0.717) is 44.0 Å². The topological polar surface area (TPSA) is 93.3 Å². The van der Waals surface area contributed by atoms with Gasteiger partial charge in [-0.3, -0.25) is 10.1 Å². The molecule has 31 heavy (non-hydrogen) atoms. The summed E-state index contributed by atoms with van der Waals surface area (Å²) in [5, 5.41) is 7.40. The van der Waals surface area contributed by atoms with E-state index in [-0.39, 0.29) is 10.7 Å². The lowest BCUT2D eigenvalue weighted by Gasteiger charge is -2.07. The van der Waals surface area contributed by atoms with Crippen LogP contribution in [0.25, 0.3) is 10.2 Å². The standard InChI is InChI=1S/C20H15Cl2N3O4S2/c1-9-14(21)15(22)17(23-9)18(26)25-20-24-16-12(29-7-10-3-4-30-8-10)5-11(19(27)28-2)6-13(16)31-20/h3-6,8,23H,7H2,1-2H3,(H,24,25,26). The Kier molecular flexibility index (Phi) is 6.19. The monoisotopic (exact) mass is 495 g/mol. The lowest BCUT2D eigenvalue weighted by molar-refractivity contribution is 0.0600. The first-order valence-corrected chi connectivity index (χ1v) is 11.4. The average molecular weight is 496 g/mol. The summed E-state index contributed by atoms with van der Waals surface area (Å²) in [4.78, 5) is 32.1. The number of nitrogens with one attached hydrogen (secondary N) is 2. The van der Waals surface area contributed by atoms with Crippen LogP contribution in [0.1, 0.15) is 32.1 Å². The first-order valence-electron chi connectivity index (χ1n) is 8.89. The van der Waals surface area contributed by atoms with Crippen LogP contribution in [0.3, 0.4) is 0 Å². The van der Waals surface area contributed by atoms with Gasteiger partial charge in [0, 0.05) is 5.69 Å².